The second kappa shape index (κ2) is 4.44. The Morgan fingerprint density at radius 1 is 1.32 bits per heavy atom. The van der Waals surface area contributed by atoms with Gasteiger partial charge in [-0.05, 0) is 23.0 Å². The van der Waals surface area contributed by atoms with E-state index in [9.17, 15) is 4.79 Å². The number of carbonyl (C=O) groups is 1. The Bertz CT molecular complexity index is 481. The van der Waals surface area contributed by atoms with Crippen LogP contribution in [0.2, 0.25) is 0 Å². The summed E-state index contributed by atoms with van der Waals surface area (Å²) in [7, 11) is 0. The second-order valence-electron chi connectivity index (χ2n) is 6.31. The van der Waals surface area contributed by atoms with Crippen LogP contribution in [0.15, 0.2) is 24.3 Å². The van der Waals surface area contributed by atoms with Crippen LogP contribution in [-0.4, -0.2) is 18.6 Å². The molecule has 4 heteroatoms. The monoisotopic (exact) mass is 262 g/mol. The number of hydrogen-bond donors (Lipinski definition) is 2. The largest absolute Gasteiger partial charge is 0.484 e. The number of benzene rings is 1. The minimum Gasteiger partial charge on any atom is -0.484 e. The van der Waals surface area contributed by atoms with Gasteiger partial charge in [-0.3, -0.25) is 4.79 Å². The molecular formula is C15H22N2O2. The van der Waals surface area contributed by atoms with Gasteiger partial charge in [0.25, 0.3) is 5.91 Å². The predicted molar refractivity (Wildman–Crippen MR) is 75.8 cm³/mol. The molecule has 1 aromatic rings. The van der Waals surface area contributed by atoms with E-state index in [1.807, 2.05) is 0 Å². The first-order valence-corrected chi connectivity index (χ1v) is 6.53. The number of ether oxygens (including phenoxy) is 1. The van der Waals surface area contributed by atoms with Crippen molar-refractivity contribution in [2.45, 2.75) is 33.7 Å². The van der Waals surface area contributed by atoms with Crippen molar-refractivity contribution in [3.63, 3.8) is 0 Å². The number of carbonyl (C=O) groups excluding carboxylic acids is 1. The van der Waals surface area contributed by atoms with Crippen molar-refractivity contribution in [1.29, 1.82) is 0 Å². The molecule has 19 heavy (non-hydrogen) atoms. The third-order valence-electron chi connectivity index (χ3n) is 4.55. The van der Waals surface area contributed by atoms with Crippen LogP contribution in [0, 0.1) is 10.8 Å². The highest BCUT2D eigenvalue weighted by Gasteiger charge is 2.65. The number of nitrogens with two attached hydrogens (primary N) is 1. The molecule has 1 fully saturated rings. The SMILES string of the molecule is CC1(C)C(NC(=O)COc2cccc(N)c2)C1(C)C. The van der Waals surface area contributed by atoms with Crippen molar-refractivity contribution in [2.24, 2.45) is 10.8 Å². The maximum atomic E-state index is 11.9. The Labute approximate surface area is 114 Å². The summed E-state index contributed by atoms with van der Waals surface area (Å²) in [5.74, 6) is 0.524. The summed E-state index contributed by atoms with van der Waals surface area (Å²) in [5, 5.41) is 3.02. The average molecular weight is 262 g/mol. The molecule has 0 aromatic heterocycles. The zero-order valence-electron chi connectivity index (χ0n) is 12.0. The van der Waals surface area contributed by atoms with Gasteiger partial charge < -0.3 is 15.8 Å². The molecule has 0 bridgehead atoms. The normalized spacial score (nSPS) is 19.8. The van der Waals surface area contributed by atoms with E-state index >= 15 is 0 Å². The van der Waals surface area contributed by atoms with Crippen LogP contribution >= 0.6 is 0 Å². The van der Waals surface area contributed by atoms with Crippen LogP contribution in [0.4, 0.5) is 5.69 Å². The molecule has 0 spiro atoms. The molecule has 4 nitrogen and oxygen atoms in total. The molecule has 104 valence electrons. The van der Waals surface area contributed by atoms with E-state index in [-0.39, 0.29) is 29.4 Å². The molecular weight excluding hydrogens is 240 g/mol. The standard InChI is InChI=1S/C15H22N2O2/c1-14(2)13(15(14,3)4)17-12(18)9-19-11-7-5-6-10(16)8-11/h5-8,13H,9,16H2,1-4H3,(H,17,18). The van der Waals surface area contributed by atoms with Crippen LogP contribution in [0.25, 0.3) is 0 Å². The maximum absolute atomic E-state index is 11.9. The van der Waals surface area contributed by atoms with Gasteiger partial charge in [0.15, 0.2) is 6.61 Å². The summed E-state index contributed by atoms with van der Waals surface area (Å²) in [5.41, 5.74) is 6.55. The smallest absolute Gasteiger partial charge is 0.258 e. The Balaban J connectivity index is 1.84. The fourth-order valence-corrected chi connectivity index (χ4v) is 2.51. The molecule has 3 N–H and O–H groups in total. The van der Waals surface area contributed by atoms with Gasteiger partial charge in [0, 0.05) is 17.8 Å². The molecule has 1 aliphatic rings. The zero-order valence-corrected chi connectivity index (χ0v) is 12.0. The summed E-state index contributed by atoms with van der Waals surface area (Å²) in [6.45, 7) is 8.67. The summed E-state index contributed by atoms with van der Waals surface area (Å²) in [6, 6.07) is 7.28. The molecule has 0 saturated heterocycles. The Hall–Kier alpha value is -1.71. The molecule has 0 radical (unpaired) electrons. The summed E-state index contributed by atoms with van der Waals surface area (Å²) >= 11 is 0. The lowest BCUT2D eigenvalue weighted by Crippen LogP contribution is -2.33. The van der Waals surface area contributed by atoms with Gasteiger partial charge >= 0.3 is 0 Å². The molecule has 1 amide bonds. The summed E-state index contributed by atoms with van der Waals surface area (Å²) in [6.07, 6.45) is 0. The van der Waals surface area contributed by atoms with Crippen LogP contribution in [0.1, 0.15) is 27.7 Å². The van der Waals surface area contributed by atoms with Gasteiger partial charge in [-0.25, -0.2) is 0 Å². The molecule has 0 heterocycles. The molecule has 0 atom stereocenters. The quantitative estimate of drug-likeness (QED) is 0.818. The Morgan fingerprint density at radius 2 is 1.95 bits per heavy atom. The van der Waals surface area contributed by atoms with Crippen LogP contribution < -0.4 is 15.8 Å². The van der Waals surface area contributed by atoms with E-state index in [4.69, 9.17) is 10.5 Å². The number of rotatable bonds is 4. The van der Waals surface area contributed by atoms with Gasteiger partial charge in [0.2, 0.25) is 0 Å². The Morgan fingerprint density at radius 3 is 2.47 bits per heavy atom. The number of hydrogen-bond acceptors (Lipinski definition) is 3. The van der Waals surface area contributed by atoms with Gasteiger partial charge in [-0.15, -0.1) is 0 Å². The molecule has 2 rings (SSSR count). The predicted octanol–water partition coefficient (Wildman–Crippen LogP) is 2.20. The van der Waals surface area contributed by atoms with Crippen LogP contribution in [0.5, 0.6) is 5.75 Å². The Kier molecular flexibility index (Phi) is 3.20. The molecule has 1 aromatic carbocycles. The average Bonchev–Trinajstić information content (AvgIpc) is 2.69. The second-order valence-corrected chi connectivity index (χ2v) is 6.31. The first-order valence-electron chi connectivity index (χ1n) is 6.53. The topological polar surface area (TPSA) is 64.3 Å². The van der Waals surface area contributed by atoms with Gasteiger partial charge in [0.1, 0.15) is 5.75 Å². The lowest BCUT2D eigenvalue weighted by atomic mass is 10.0. The fraction of sp³-hybridized carbons (Fsp3) is 0.533. The maximum Gasteiger partial charge on any atom is 0.258 e. The van der Waals surface area contributed by atoms with E-state index in [0.717, 1.165) is 0 Å². The summed E-state index contributed by atoms with van der Waals surface area (Å²) in [4.78, 5) is 11.9. The van der Waals surface area contributed by atoms with Crippen molar-refractivity contribution in [1.82, 2.24) is 5.32 Å². The minimum atomic E-state index is -0.0916. The van der Waals surface area contributed by atoms with E-state index < -0.39 is 0 Å². The van der Waals surface area contributed by atoms with Crippen LogP contribution in [-0.2, 0) is 4.79 Å². The molecule has 1 aliphatic carbocycles. The lowest BCUT2D eigenvalue weighted by molar-refractivity contribution is -0.123. The van der Waals surface area contributed by atoms with E-state index in [1.165, 1.54) is 0 Å². The highest BCUT2D eigenvalue weighted by molar-refractivity contribution is 5.78. The fourth-order valence-electron chi connectivity index (χ4n) is 2.51. The van der Waals surface area contributed by atoms with Gasteiger partial charge in [0.05, 0.1) is 0 Å². The van der Waals surface area contributed by atoms with Crippen molar-refractivity contribution in [2.75, 3.05) is 12.3 Å². The number of nitrogens with one attached hydrogen (secondary N) is 1. The highest BCUT2D eigenvalue weighted by atomic mass is 16.5. The van der Waals surface area contributed by atoms with Crippen molar-refractivity contribution < 1.29 is 9.53 Å². The number of nitrogen functional groups attached to an aromatic ring is 1. The first-order chi connectivity index (χ1) is 8.75. The number of amides is 1. The van der Waals surface area contributed by atoms with E-state index in [1.54, 1.807) is 24.3 Å². The van der Waals surface area contributed by atoms with Crippen molar-refractivity contribution in [3.8, 4) is 5.75 Å². The molecule has 0 aliphatic heterocycles. The number of anilines is 1. The van der Waals surface area contributed by atoms with Crippen molar-refractivity contribution >= 4 is 11.6 Å². The van der Waals surface area contributed by atoms with Gasteiger partial charge in [-0.1, -0.05) is 33.8 Å². The minimum absolute atomic E-state index is 0.0200. The van der Waals surface area contributed by atoms with Gasteiger partial charge in [-0.2, -0.15) is 0 Å². The molecule has 1 saturated carbocycles. The lowest BCUT2D eigenvalue weighted by Gasteiger charge is -2.09. The highest BCUT2D eigenvalue weighted by Crippen LogP contribution is 2.62. The van der Waals surface area contributed by atoms with E-state index in [2.05, 4.69) is 33.0 Å². The van der Waals surface area contributed by atoms with E-state index in [0.29, 0.717) is 11.4 Å². The third-order valence-corrected chi connectivity index (χ3v) is 4.55. The molecule has 0 unspecified atom stereocenters. The van der Waals surface area contributed by atoms with Crippen molar-refractivity contribution in [3.05, 3.63) is 24.3 Å². The summed E-state index contributed by atoms with van der Waals surface area (Å²) < 4.78 is 5.42. The zero-order chi connectivity index (χ0) is 14.3. The van der Waals surface area contributed by atoms with Crippen LogP contribution in [0.3, 0.4) is 0 Å². The third kappa shape index (κ3) is 2.53. The first kappa shape index (κ1) is 13.7.